The van der Waals surface area contributed by atoms with Crippen molar-refractivity contribution in [3.63, 3.8) is 0 Å². The lowest BCUT2D eigenvalue weighted by Gasteiger charge is -2.31. The number of hydrogen-bond donors (Lipinski definition) is 1. The lowest BCUT2D eigenvalue weighted by Crippen LogP contribution is -2.41. The average molecular weight is 469 g/mol. The highest BCUT2D eigenvalue weighted by molar-refractivity contribution is 6.30. The Labute approximate surface area is 196 Å². The van der Waals surface area contributed by atoms with Crippen LogP contribution in [0.25, 0.3) is 0 Å². The summed E-state index contributed by atoms with van der Waals surface area (Å²) in [6.45, 7) is 3.23. The molecule has 1 fully saturated rings. The number of carbonyl (C=O) groups is 4. The number of unbranched alkanes of at least 4 members (excludes halogenated alkanes) is 1. The van der Waals surface area contributed by atoms with E-state index in [1.165, 1.54) is 17.2 Å². The van der Waals surface area contributed by atoms with Crippen molar-refractivity contribution in [3.8, 4) is 0 Å². The molecule has 8 nitrogen and oxygen atoms in total. The van der Waals surface area contributed by atoms with Crippen molar-refractivity contribution in [1.82, 2.24) is 14.8 Å². The summed E-state index contributed by atoms with van der Waals surface area (Å²) in [7, 11) is 0. The highest BCUT2D eigenvalue weighted by Crippen LogP contribution is 2.26. The van der Waals surface area contributed by atoms with E-state index >= 15 is 0 Å². The van der Waals surface area contributed by atoms with E-state index in [-0.39, 0.29) is 35.1 Å². The number of nitrogens with zero attached hydrogens (tertiary/aromatic N) is 3. The van der Waals surface area contributed by atoms with Crippen LogP contribution >= 0.6 is 11.6 Å². The normalized spacial score (nSPS) is 16.2. The summed E-state index contributed by atoms with van der Waals surface area (Å²) in [5.41, 5.74) is 1.01. The van der Waals surface area contributed by atoms with Gasteiger partial charge in [0.05, 0.1) is 16.1 Å². The van der Waals surface area contributed by atoms with Gasteiger partial charge in [0.1, 0.15) is 5.82 Å². The van der Waals surface area contributed by atoms with E-state index in [0.29, 0.717) is 54.4 Å². The number of rotatable bonds is 6. The molecule has 2 aromatic rings. The first-order valence-electron chi connectivity index (χ1n) is 11.1. The van der Waals surface area contributed by atoms with Gasteiger partial charge in [-0.05, 0) is 49.6 Å². The molecule has 2 aliphatic heterocycles. The van der Waals surface area contributed by atoms with Crippen LogP contribution in [0.1, 0.15) is 63.7 Å². The Bertz CT molecular complexity index is 1090. The third kappa shape index (κ3) is 4.75. The molecule has 1 saturated heterocycles. The molecule has 4 rings (SSSR count). The summed E-state index contributed by atoms with van der Waals surface area (Å²) < 4.78 is 0. The molecule has 0 spiro atoms. The standard InChI is InChI=1S/C24H25ClN4O4/c1-2-3-10-29-23(32)18-6-4-16(13-19(18)24(29)33)22(31)28-11-8-15(9-12-28)21(30)27-20-7-5-17(25)14-26-20/h4-7,13-15H,2-3,8-12H2,1H3,(H,26,27,30). The number of piperidine rings is 1. The lowest BCUT2D eigenvalue weighted by molar-refractivity contribution is -0.121. The molecule has 2 aliphatic rings. The van der Waals surface area contributed by atoms with Gasteiger partial charge in [-0.15, -0.1) is 0 Å². The summed E-state index contributed by atoms with van der Waals surface area (Å²) in [6.07, 6.45) is 4.14. The second-order valence-electron chi connectivity index (χ2n) is 8.29. The topological polar surface area (TPSA) is 99.7 Å². The number of hydrogen-bond acceptors (Lipinski definition) is 5. The third-order valence-corrected chi connectivity index (χ3v) is 6.31. The van der Waals surface area contributed by atoms with Gasteiger partial charge in [-0.1, -0.05) is 24.9 Å². The Morgan fingerprint density at radius 1 is 1.09 bits per heavy atom. The first-order valence-corrected chi connectivity index (χ1v) is 11.5. The van der Waals surface area contributed by atoms with Crippen molar-refractivity contribution < 1.29 is 19.2 Å². The molecule has 1 N–H and O–H groups in total. The van der Waals surface area contributed by atoms with Gasteiger partial charge in [0.2, 0.25) is 5.91 Å². The predicted octanol–water partition coefficient (Wildman–Crippen LogP) is 3.62. The van der Waals surface area contributed by atoms with Gasteiger partial charge in [0.15, 0.2) is 0 Å². The molecule has 0 saturated carbocycles. The van der Waals surface area contributed by atoms with Crippen LogP contribution in [-0.4, -0.2) is 58.0 Å². The van der Waals surface area contributed by atoms with Crippen molar-refractivity contribution in [1.29, 1.82) is 0 Å². The number of fused-ring (bicyclic) bond motifs is 1. The largest absolute Gasteiger partial charge is 0.339 e. The second-order valence-corrected chi connectivity index (χ2v) is 8.73. The summed E-state index contributed by atoms with van der Waals surface area (Å²) in [4.78, 5) is 57.8. The molecule has 3 heterocycles. The van der Waals surface area contributed by atoms with Crippen molar-refractivity contribution in [2.75, 3.05) is 25.0 Å². The first-order chi connectivity index (χ1) is 15.9. The lowest BCUT2D eigenvalue weighted by atomic mass is 9.95. The molecule has 1 aromatic heterocycles. The molecule has 0 radical (unpaired) electrons. The first kappa shape index (κ1) is 22.9. The SMILES string of the molecule is CCCCN1C(=O)c2ccc(C(=O)N3CCC(C(=O)Nc4ccc(Cl)cn4)CC3)cc2C1=O. The van der Waals surface area contributed by atoms with Crippen LogP contribution < -0.4 is 5.32 Å². The van der Waals surface area contributed by atoms with Crippen LogP contribution in [0.5, 0.6) is 0 Å². The Kier molecular flexibility index (Phi) is 6.74. The van der Waals surface area contributed by atoms with Gasteiger partial charge in [-0.25, -0.2) is 4.98 Å². The van der Waals surface area contributed by atoms with Crippen LogP contribution in [0, 0.1) is 5.92 Å². The van der Waals surface area contributed by atoms with Crippen molar-refractivity contribution in [3.05, 3.63) is 58.2 Å². The average Bonchev–Trinajstić information content (AvgIpc) is 3.07. The van der Waals surface area contributed by atoms with E-state index in [1.54, 1.807) is 29.2 Å². The van der Waals surface area contributed by atoms with Gasteiger partial charge >= 0.3 is 0 Å². The van der Waals surface area contributed by atoms with E-state index in [4.69, 9.17) is 11.6 Å². The minimum Gasteiger partial charge on any atom is -0.339 e. The Hall–Kier alpha value is -3.26. The molecule has 172 valence electrons. The van der Waals surface area contributed by atoms with Crippen molar-refractivity contribution in [2.45, 2.75) is 32.6 Å². The minimum absolute atomic E-state index is 0.134. The molecular formula is C24H25ClN4O4. The number of amides is 4. The Balaban J connectivity index is 1.37. The molecule has 33 heavy (non-hydrogen) atoms. The van der Waals surface area contributed by atoms with Crippen LogP contribution in [0.2, 0.25) is 5.02 Å². The number of anilines is 1. The van der Waals surface area contributed by atoms with Crippen molar-refractivity contribution >= 4 is 41.0 Å². The summed E-state index contributed by atoms with van der Waals surface area (Å²) in [5.74, 6) is -0.770. The predicted molar refractivity (Wildman–Crippen MR) is 123 cm³/mol. The van der Waals surface area contributed by atoms with Crippen LogP contribution in [-0.2, 0) is 4.79 Å². The number of likely N-dealkylation sites (tertiary alicyclic amines) is 1. The fourth-order valence-corrected chi connectivity index (χ4v) is 4.26. The van der Waals surface area contributed by atoms with Gasteiger partial charge in [-0.2, -0.15) is 0 Å². The molecule has 9 heteroatoms. The molecule has 0 unspecified atom stereocenters. The fourth-order valence-electron chi connectivity index (χ4n) is 4.15. The number of imide groups is 1. The maximum atomic E-state index is 13.0. The maximum absolute atomic E-state index is 13.0. The van der Waals surface area contributed by atoms with Crippen LogP contribution in [0.3, 0.4) is 0 Å². The second kappa shape index (κ2) is 9.70. The summed E-state index contributed by atoms with van der Waals surface area (Å²) in [6, 6.07) is 7.98. The zero-order chi connectivity index (χ0) is 23.5. The smallest absolute Gasteiger partial charge is 0.261 e. The highest BCUT2D eigenvalue weighted by atomic mass is 35.5. The molecule has 0 aliphatic carbocycles. The van der Waals surface area contributed by atoms with E-state index in [0.717, 1.165) is 12.8 Å². The number of pyridine rings is 1. The Morgan fingerprint density at radius 2 is 1.82 bits per heavy atom. The highest BCUT2D eigenvalue weighted by Gasteiger charge is 2.36. The molecule has 4 amide bonds. The number of carbonyl (C=O) groups excluding carboxylic acids is 4. The zero-order valence-electron chi connectivity index (χ0n) is 18.3. The van der Waals surface area contributed by atoms with E-state index < -0.39 is 0 Å². The number of benzene rings is 1. The quantitative estimate of drug-likeness (QED) is 0.652. The van der Waals surface area contributed by atoms with Gasteiger partial charge in [0.25, 0.3) is 17.7 Å². The van der Waals surface area contributed by atoms with Gasteiger partial charge in [0, 0.05) is 37.3 Å². The number of nitrogens with one attached hydrogen (secondary N) is 1. The number of aromatic nitrogens is 1. The van der Waals surface area contributed by atoms with Gasteiger partial charge in [-0.3, -0.25) is 24.1 Å². The summed E-state index contributed by atoms with van der Waals surface area (Å²) >= 11 is 5.82. The maximum Gasteiger partial charge on any atom is 0.261 e. The Morgan fingerprint density at radius 3 is 2.48 bits per heavy atom. The minimum atomic E-state index is -0.343. The van der Waals surface area contributed by atoms with Crippen LogP contribution in [0.15, 0.2) is 36.5 Å². The number of halogens is 1. The van der Waals surface area contributed by atoms with Crippen molar-refractivity contribution in [2.24, 2.45) is 5.92 Å². The third-order valence-electron chi connectivity index (χ3n) is 6.08. The van der Waals surface area contributed by atoms with E-state index in [1.807, 2.05) is 6.92 Å². The van der Waals surface area contributed by atoms with Gasteiger partial charge < -0.3 is 10.2 Å². The molecule has 1 aromatic carbocycles. The summed E-state index contributed by atoms with van der Waals surface area (Å²) in [5, 5.41) is 3.28. The van der Waals surface area contributed by atoms with E-state index in [2.05, 4.69) is 10.3 Å². The molecule has 0 atom stereocenters. The zero-order valence-corrected chi connectivity index (χ0v) is 19.1. The van der Waals surface area contributed by atoms with Crippen LogP contribution in [0.4, 0.5) is 5.82 Å². The monoisotopic (exact) mass is 468 g/mol. The van der Waals surface area contributed by atoms with E-state index in [9.17, 15) is 19.2 Å². The fraction of sp³-hybridized carbons (Fsp3) is 0.375. The molecular weight excluding hydrogens is 444 g/mol. The molecule has 0 bridgehead atoms.